The number of hydrogen-bond donors (Lipinski definition) is 1. The van der Waals surface area contributed by atoms with Gasteiger partial charge in [0.05, 0.1) is 30.8 Å². The summed E-state index contributed by atoms with van der Waals surface area (Å²) in [5.41, 5.74) is 0.748. The smallest absolute Gasteiger partial charge is 0.306 e. The van der Waals surface area contributed by atoms with Crippen LogP contribution in [0.2, 0.25) is 0 Å². The summed E-state index contributed by atoms with van der Waals surface area (Å²) in [4.78, 5) is 30.3. The SMILES string of the molecule is CC[C@H]1CCC[C@H](O[C@H]2CC[C@H](N(C)C)[C@@H](C)O2)[C@@H](C)C(=O)C2=C[C@@H]3[C@@H](C=C[C@@H]4C[C@@H](O[C@@H]5O[C@@H](C)[C@H](O)[C@@H](OC)[C@H]5OC)C[C@@H]34)[C@@H]2CC(=O)O1. The van der Waals surface area contributed by atoms with E-state index in [2.05, 4.69) is 51.1 Å². The van der Waals surface area contributed by atoms with E-state index in [-0.39, 0.29) is 84.4 Å². The van der Waals surface area contributed by atoms with E-state index >= 15 is 0 Å². The molecule has 0 bridgehead atoms. The molecule has 11 nitrogen and oxygen atoms in total. The second-order valence-electron chi connectivity index (χ2n) is 16.3. The molecule has 6 rings (SSSR count). The number of allylic oxidation sites excluding steroid dienone is 4. The first-order valence-corrected chi connectivity index (χ1v) is 19.6. The van der Waals surface area contributed by atoms with Gasteiger partial charge in [0.15, 0.2) is 18.4 Å². The van der Waals surface area contributed by atoms with Crippen molar-refractivity contribution in [2.45, 2.75) is 153 Å². The van der Waals surface area contributed by atoms with Crippen LogP contribution in [-0.2, 0) is 42.7 Å². The molecule has 0 amide bonds. The molecular weight excluding hydrogens is 654 g/mol. The van der Waals surface area contributed by atoms with Crippen LogP contribution >= 0.6 is 0 Å². The number of rotatable bonds is 8. The zero-order valence-corrected chi connectivity index (χ0v) is 32.0. The van der Waals surface area contributed by atoms with Gasteiger partial charge in [0.2, 0.25) is 0 Å². The molecule has 17 atom stereocenters. The van der Waals surface area contributed by atoms with E-state index in [1.165, 1.54) is 0 Å². The number of Topliss-reactive ketones (excluding diaryl/α,β-unsaturated/α-hetero) is 1. The van der Waals surface area contributed by atoms with Crippen LogP contribution in [0.15, 0.2) is 23.8 Å². The monoisotopic (exact) mass is 717 g/mol. The predicted molar refractivity (Wildman–Crippen MR) is 189 cm³/mol. The second kappa shape index (κ2) is 16.8. The molecule has 3 aliphatic heterocycles. The third-order valence-electron chi connectivity index (χ3n) is 13.0. The summed E-state index contributed by atoms with van der Waals surface area (Å²) in [5.74, 6) is -0.112. The molecule has 11 heteroatoms. The third kappa shape index (κ3) is 8.21. The van der Waals surface area contributed by atoms with E-state index in [0.29, 0.717) is 12.5 Å². The minimum Gasteiger partial charge on any atom is -0.462 e. The van der Waals surface area contributed by atoms with Crippen LogP contribution in [0, 0.1) is 35.5 Å². The zero-order valence-electron chi connectivity index (χ0n) is 32.0. The number of fused-ring (bicyclic) bond motifs is 5. The van der Waals surface area contributed by atoms with E-state index in [4.69, 9.17) is 33.2 Å². The number of carbonyl (C=O) groups excluding carboxylic acids is 2. The first-order valence-electron chi connectivity index (χ1n) is 19.6. The lowest BCUT2D eigenvalue weighted by Gasteiger charge is -2.43. The topological polar surface area (TPSA) is 122 Å². The molecule has 0 aromatic heterocycles. The van der Waals surface area contributed by atoms with Crippen LogP contribution in [0.1, 0.15) is 85.5 Å². The van der Waals surface area contributed by atoms with Crippen molar-refractivity contribution in [2.75, 3.05) is 28.3 Å². The highest BCUT2D eigenvalue weighted by molar-refractivity contribution is 5.99. The van der Waals surface area contributed by atoms with Crippen LogP contribution in [0.25, 0.3) is 0 Å². The number of ether oxygens (including phenoxy) is 7. The van der Waals surface area contributed by atoms with Gasteiger partial charge in [-0.1, -0.05) is 32.1 Å². The van der Waals surface area contributed by atoms with Gasteiger partial charge in [0.25, 0.3) is 0 Å². The number of likely N-dealkylation sites (N-methyl/N-ethyl adjacent to an activating group) is 1. The fourth-order valence-electron chi connectivity index (χ4n) is 10.1. The molecule has 3 aliphatic carbocycles. The van der Waals surface area contributed by atoms with E-state index < -0.39 is 30.7 Å². The van der Waals surface area contributed by atoms with Crippen LogP contribution in [0.3, 0.4) is 0 Å². The van der Waals surface area contributed by atoms with Crippen LogP contribution in [0.5, 0.6) is 0 Å². The Morgan fingerprint density at radius 2 is 1.67 bits per heavy atom. The lowest BCUT2D eigenvalue weighted by atomic mass is 9.70. The first-order chi connectivity index (χ1) is 24.4. The summed E-state index contributed by atoms with van der Waals surface area (Å²) in [6, 6.07) is 0.334. The van der Waals surface area contributed by atoms with Crippen LogP contribution in [-0.4, -0.2) is 118 Å². The van der Waals surface area contributed by atoms with Crippen molar-refractivity contribution in [3.63, 3.8) is 0 Å². The van der Waals surface area contributed by atoms with Crippen molar-refractivity contribution in [2.24, 2.45) is 35.5 Å². The summed E-state index contributed by atoms with van der Waals surface area (Å²) in [7, 11) is 7.31. The van der Waals surface area contributed by atoms with Gasteiger partial charge in [-0.15, -0.1) is 0 Å². The molecule has 3 saturated heterocycles. The first kappa shape index (κ1) is 39.0. The molecule has 51 heavy (non-hydrogen) atoms. The highest BCUT2D eigenvalue weighted by Crippen LogP contribution is 2.54. The molecule has 0 aromatic carbocycles. The normalized spacial score (nSPS) is 46.4. The van der Waals surface area contributed by atoms with Gasteiger partial charge in [-0.25, -0.2) is 0 Å². The van der Waals surface area contributed by atoms with Crippen molar-refractivity contribution >= 4 is 11.8 Å². The zero-order chi connectivity index (χ0) is 36.6. The second-order valence-corrected chi connectivity index (χ2v) is 16.3. The van der Waals surface area contributed by atoms with E-state index in [1.54, 1.807) is 14.2 Å². The number of aliphatic hydroxyl groups is 1. The van der Waals surface area contributed by atoms with Gasteiger partial charge >= 0.3 is 5.97 Å². The fraction of sp³-hybridized carbons (Fsp3) is 0.850. The molecule has 0 spiro atoms. The number of esters is 1. The third-order valence-corrected chi connectivity index (χ3v) is 13.0. The quantitative estimate of drug-likeness (QED) is 0.275. The van der Waals surface area contributed by atoms with Crippen LogP contribution in [0.4, 0.5) is 0 Å². The van der Waals surface area contributed by atoms with E-state index in [1.807, 2.05) is 13.8 Å². The maximum atomic E-state index is 14.6. The van der Waals surface area contributed by atoms with Gasteiger partial charge in [0, 0.05) is 32.1 Å². The Hall–Kier alpha value is -1.70. The Morgan fingerprint density at radius 3 is 2.35 bits per heavy atom. The maximum absolute atomic E-state index is 14.6. The van der Waals surface area contributed by atoms with Gasteiger partial charge in [-0.2, -0.15) is 0 Å². The number of carbonyl (C=O) groups is 2. The molecule has 3 heterocycles. The highest BCUT2D eigenvalue weighted by Gasteiger charge is 2.52. The molecule has 0 radical (unpaired) electrons. The molecular formula is C40H63NO10. The fourth-order valence-corrected chi connectivity index (χ4v) is 10.1. The molecule has 0 unspecified atom stereocenters. The number of aliphatic hydroxyl groups excluding tert-OH is 1. The van der Waals surface area contributed by atoms with E-state index in [0.717, 1.165) is 50.5 Å². The lowest BCUT2D eigenvalue weighted by molar-refractivity contribution is -0.311. The Bertz CT molecular complexity index is 1270. The molecule has 0 aromatic rings. The number of ketones is 1. The summed E-state index contributed by atoms with van der Waals surface area (Å²) >= 11 is 0. The van der Waals surface area contributed by atoms with Crippen molar-refractivity contribution < 1.29 is 47.9 Å². The van der Waals surface area contributed by atoms with Gasteiger partial charge in [0.1, 0.15) is 24.4 Å². The van der Waals surface area contributed by atoms with Crippen molar-refractivity contribution in [3.8, 4) is 0 Å². The largest absolute Gasteiger partial charge is 0.462 e. The van der Waals surface area contributed by atoms with Gasteiger partial charge < -0.3 is 43.2 Å². The average Bonchev–Trinajstić information content (AvgIpc) is 3.68. The Kier molecular flexibility index (Phi) is 12.8. The summed E-state index contributed by atoms with van der Waals surface area (Å²) in [6.45, 7) is 7.98. The Labute approximate surface area is 304 Å². The van der Waals surface area contributed by atoms with Crippen molar-refractivity contribution in [3.05, 3.63) is 23.8 Å². The number of methoxy groups -OCH3 is 2. The van der Waals surface area contributed by atoms with Crippen molar-refractivity contribution in [1.29, 1.82) is 0 Å². The van der Waals surface area contributed by atoms with Crippen molar-refractivity contribution in [1.82, 2.24) is 4.90 Å². The Balaban J connectivity index is 1.21. The lowest BCUT2D eigenvalue weighted by Crippen LogP contribution is -2.59. The number of hydrogen-bond acceptors (Lipinski definition) is 11. The number of nitrogens with zero attached hydrogens (tertiary/aromatic N) is 1. The molecule has 288 valence electrons. The molecule has 1 saturated carbocycles. The van der Waals surface area contributed by atoms with Gasteiger partial charge in [-0.05, 0) is 109 Å². The van der Waals surface area contributed by atoms with E-state index in [9.17, 15) is 14.7 Å². The van der Waals surface area contributed by atoms with Crippen LogP contribution < -0.4 is 0 Å². The molecule has 6 aliphatic rings. The highest BCUT2D eigenvalue weighted by atomic mass is 16.7. The predicted octanol–water partition coefficient (Wildman–Crippen LogP) is 4.83. The summed E-state index contributed by atoms with van der Waals surface area (Å²) < 4.78 is 43.1. The average molecular weight is 718 g/mol. The summed E-state index contributed by atoms with van der Waals surface area (Å²) in [5, 5.41) is 10.6. The molecule has 4 fully saturated rings. The van der Waals surface area contributed by atoms with Gasteiger partial charge in [-0.3, -0.25) is 9.59 Å². The summed E-state index contributed by atoms with van der Waals surface area (Å²) in [6.07, 6.45) is 9.33. The Morgan fingerprint density at radius 1 is 0.902 bits per heavy atom. The minimum absolute atomic E-state index is 0.0299. The standard InChI is InChI=1S/C40H63NO10/c1-9-25-11-10-12-33(51-35-16-15-32(41(5)6)22(3)47-35)21(2)36(43)31-19-29-27(30(31)20-34(42)49-25)14-13-24-17-26(18-28(24)29)50-40-39(46-8)38(45-7)37(44)23(4)48-40/h13-14,19,21-30,32-33,35,37-40,44H,9-12,15-18,20H2,1-8H3/t21-,22-,23+,24-,25+,26-,27-,28-,29-,30+,32+,33+,35+,37+,38-,39-,40+/m1/s1. The minimum atomic E-state index is -0.823. The number of cyclic esters (lactones) is 1. The molecule has 1 N–H and O–H groups in total. The maximum Gasteiger partial charge on any atom is 0.306 e.